The third kappa shape index (κ3) is 14.5. The van der Waals surface area contributed by atoms with Gasteiger partial charge in [-0.1, -0.05) is 76.2 Å². The minimum absolute atomic E-state index is 0.00204. The Morgan fingerprint density at radius 1 is 0.768 bits per heavy atom. The van der Waals surface area contributed by atoms with Crippen molar-refractivity contribution < 1.29 is 29.1 Å². The van der Waals surface area contributed by atoms with Gasteiger partial charge in [0.25, 0.3) is 0 Å². The van der Waals surface area contributed by atoms with Crippen LogP contribution in [0.25, 0.3) is 10.8 Å². The molecule has 19 heteroatoms. The second-order valence-electron chi connectivity index (χ2n) is 13.0. The van der Waals surface area contributed by atoms with Crippen molar-refractivity contribution in [3.05, 3.63) is 77.9 Å². The number of nitrogens with two attached hydrogens (primary N) is 4. The first-order valence-corrected chi connectivity index (χ1v) is 20.5. The molecule has 56 heavy (non-hydrogen) atoms. The average Bonchev–Trinajstić information content (AvgIpc) is 3.16. The molecule has 0 aliphatic carbocycles. The number of nitrogens with one attached hydrogen (secondary N) is 5. The molecule has 300 valence electrons. The van der Waals surface area contributed by atoms with Crippen LogP contribution >= 0.6 is 21.6 Å². The third-order valence-electron chi connectivity index (χ3n) is 8.58. The zero-order valence-electron chi connectivity index (χ0n) is 30.7. The number of guanidine groups is 2. The van der Waals surface area contributed by atoms with Crippen molar-refractivity contribution in [2.24, 2.45) is 32.9 Å². The summed E-state index contributed by atoms with van der Waals surface area (Å²) in [5, 5.41) is 25.5. The Morgan fingerprint density at radius 3 is 2.14 bits per heavy atom. The molecule has 1 saturated heterocycles. The van der Waals surface area contributed by atoms with Gasteiger partial charge in [0.15, 0.2) is 11.9 Å². The molecular formula is C37H49N11O6S2. The summed E-state index contributed by atoms with van der Waals surface area (Å²) < 4.78 is 0. The fourth-order valence-electron chi connectivity index (χ4n) is 5.67. The zero-order valence-corrected chi connectivity index (χ0v) is 32.4. The summed E-state index contributed by atoms with van der Waals surface area (Å²) in [6.45, 7) is 0.423. The van der Waals surface area contributed by atoms with Crippen LogP contribution in [0.3, 0.4) is 0 Å². The van der Waals surface area contributed by atoms with Crippen LogP contribution in [-0.2, 0) is 36.8 Å². The lowest BCUT2D eigenvalue weighted by Gasteiger charge is -2.27. The predicted octanol–water partition coefficient (Wildman–Crippen LogP) is -0.502. The monoisotopic (exact) mass is 807 g/mol. The van der Waals surface area contributed by atoms with Crippen LogP contribution in [0.2, 0.25) is 0 Å². The summed E-state index contributed by atoms with van der Waals surface area (Å²) in [6.07, 6.45) is 0.834. The summed E-state index contributed by atoms with van der Waals surface area (Å²) in [5.41, 5.74) is 23.4. The molecule has 3 aromatic rings. The first-order valence-electron chi connectivity index (χ1n) is 18.0. The maximum Gasteiger partial charge on any atom is 0.244 e. The van der Waals surface area contributed by atoms with Crippen LogP contribution in [0.15, 0.2) is 76.7 Å². The SMILES string of the molecule is NC(N)=NCCC[C@@H]1NC(=O)[C@H](NC(=O)CCN=C(N)N)CSSC[C@H](C(=O)NCCc2ccc(O)cc2)NC(=O)[C@@H](Cc2ccc3ccccc3c2)NC1=O. The Hall–Kier alpha value is -5.69. The van der Waals surface area contributed by atoms with Crippen molar-refractivity contribution in [3.63, 3.8) is 0 Å². The third-order valence-corrected chi connectivity index (χ3v) is 11.0. The predicted molar refractivity (Wildman–Crippen MR) is 220 cm³/mol. The van der Waals surface area contributed by atoms with Gasteiger partial charge in [0.2, 0.25) is 29.5 Å². The van der Waals surface area contributed by atoms with Gasteiger partial charge in [-0.2, -0.15) is 0 Å². The molecule has 4 atom stereocenters. The van der Waals surface area contributed by atoms with Crippen LogP contribution in [-0.4, -0.2) is 102 Å². The number of rotatable bonds is 14. The van der Waals surface area contributed by atoms with E-state index < -0.39 is 53.7 Å². The van der Waals surface area contributed by atoms with E-state index in [1.807, 2.05) is 42.5 Å². The number of amides is 5. The number of hydrogen-bond acceptors (Lipinski definition) is 10. The van der Waals surface area contributed by atoms with Crippen LogP contribution in [0.5, 0.6) is 5.75 Å². The molecule has 0 aromatic heterocycles. The number of aromatic hydroxyl groups is 1. The van der Waals surface area contributed by atoms with E-state index in [0.29, 0.717) is 12.8 Å². The lowest BCUT2D eigenvalue weighted by atomic mass is 10.00. The van der Waals surface area contributed by atoms with E-state index in [1.54, 1.807) is 24.3 Å². The number of aliphatic imine (C=N–C) groups is 2. The molecule has 0 unspecified atom stereocenters. The first-order chi connectivity index (χ1) is 26.9. The molecule has 1 aliphatic heterocycles. The first kappa shape index (κ1) is 43.0. The van der Waals surface area contributed by atoms with Gasteiger partial charge in [-0.15, -0.1) is 0 Å². The largest absolute Gasteiger partial charge is 0.508 e. The molecule has 0 spiro atoms. The highest BCUT2D eigenvalue weighted by molar-refractivity contribution is 8.76. The average molecular weight is 808 g/mol. The number of phenolic OH excluding ortho intramolecular Hbond substituents is 1. The van der Waals surface area contributed by atoms with Gasteiger partial charge in [-0.25, -0.2) is 0 Å². The van der Waals surface area contributed by atoms with Crippen molar-refractivity contribution in [1.82, 2.24) is 26.6 Å². The van der Waals surface area contributed by atoms with E-state index in [2.05, 4.69) is 36.6 Å². The van der Waals surface area contributed by atoms with E-state index in [9.17, 15) is 29.1 Å². The standard InChI is InChI=1S/C37H49N11O6S2/c38-36(39)43-15-3-6-27-33(52)47-28(19-23-7-10-24-4-1-2-5-25(24)18-23)34(53)48-29(32(51)42-16-13-22-8-11-26(49)12-9-22)20-55-56-21-30(35(54)46-27)45-31(50)14-17-44-37(40)41/h1-2,4-5,7-12,18,27-30,49H,3,6,13-17,19-21H2,(H,42,51)(H,45,50)(H,46,54)(H,47,52)(H,48,53)(H4,38,39,43)(H4,40,41,44)/t27-,28+,29+,30+/m0/s1. The maximum absolute atomic E-state index is 14.1. The maximum atomic E-state index is 14.1. The number of fused-ring (bicyclic) bond motifs is 1. The Labute approximate surface area is 332 Å². The van der Waals surface area contributed by atoms with Gasteiger partial charge in [-0.3, -0.25) is 34.0 Å². The van der Waals surface area contributed by atoms with Gasteiger partial charge in [0.05, 0.1) is 6.54 Å². The summed E-state index contributed by atoms with van der Waals surface area (Å²) in [6, 6.07) is 15.6. The highest BCUT2D eigenvalue weighted by Crippen LogP contribution is 2.24. The van der Waals surface area contributed by atoms with E-state index in [1.165, 1.54) is 21.6 Å². The molecule has 14 N–H and O–H groups in total. The van der Waals surface area contributed by atoms with Gasteiger partial charge in [0.1, 0.15) is 29.9 Å². The Bertz CT molecular complexity index is 1890. The van der Waals surface area contributed by atoms with E-state index in [0.717, 1.165) is 21.9 Å². The number of carbonyl (C=O) groups is 5. The van der Waals surface area contributed by atoms with E-state index in [-0.39, 0.29) is 68.1 Å². The van der Waals surface area contributed by atoms with Crippen molar-refractivity contribution in [2.45, 2.75) is 56.3 Å². The highest BCUT2D eigenvalue weighted by atomic mass is 33.1. The van der Waals surface area contributed by atoms with Gasteiger partial charge in [-0.05, 0) is 53.3 Å². The molecule has 0 radical (unpaired) electrons. The molecule has 3 aromatic carbocycles. The molecule has 4 rings (SSSR count). The second-order valence-corrected chi connectivity index (χ2v) is 15.5. The minimum Gasteiger partial charge on any atom is -0.508 e. The number of hydrogen-bond donors (Lipinski definition) is 10. The molecule has 5 amide bonds. The summed E-state index contributed by atoms with van der Waals surface area (Å²) in [4.78, 5) is 76.1. The van der Waals surface area contributed by atoms with Crippen molar-refractivity contribution in [3.8, 4) is 5.75 Å². The van der Waals surface area contributed by atoms with Gasteiger partial charge < -0.3 is 54.6 Å². The fraction of sp³-hybridized carbons (Fsp3) is 0.378. The Kier molecular flexibility index (Phi) is 16.9. The van der Waals surface area contributed by atoms with Crippen LogP contribution < -0.4 is 49.5 Å². The minimum atomic E-state index is -1.15. The topological polar surface area (TPSA) is 295 Å². The normalized spacial score (nSPS) is 19.3. The summed E-state index contributed by atoms with van der Waals surface area (Å²) in [7, 11) is 2.44. The quantitative estimate of drug-likeness (QED) is 0.0427. The Balaban J connectivity index is 1.61. The lowest BCUT2D eigenvalue weighted by molar-refractivity contribution is -0.134. The molecule has 1 heterocycles. The Morgan fingerprint density at radius 2 is 1.41 bits per heavy atom. The number of nitrogens with zero attached hydrogens (tertiary/aromatic N) is 2. The highest BCUT2D eigenvalue weighted by Gasteiger charge is 2.32. The molecule has 0 bridgehead atoms. The molecule has 17 nitrogen and oxygen atoms in total. The van der Waals surface area contributed by atoms with Gasteiger partial charge >= 0.3 is 0 Å². The van der Waals surface area contributed by atoms with Gasteiger partial charge in [0, 0.05) is 37.4 Å². The summed E-state index contributed by atoms with van der Waals surface area (Å²) in [5.74, 6) is -2.86. The van der Waals surface area contributed by atoms with Crippen LogP contribution in [0, 0.1) is 0 Å². The number of phenols is 1. The summed E-state index contributed by atoms with van der Waals surface area (Å²) >= 11 is 0. The van der Waals surface area contributed by atoms with E-state index in [4.69, 9.17) is 22.9 Å². The fourth-order valence-corrected chi connectivity index (χ4v) is 7.99. The molecule has 1 fully saturated rings. The smallest absolute Gasteiger partial charge is 0.244 e. The van der Waals surface area contributed by atoms with Crippen molar-refractivity contribution >= 4 is 73.8 Å². The van der Waals surface area contributed by atoms with Crippen LogP contribution in [0.1, 0.15) is 30.4 Å². The van der Waals surface area contributed by atoms with Crippen LogP contribution in [0.4, 0.5) is 0 Å². The van der Waals surface area contributed by atoms with E-state index >= 15 is 0 Å². The molecule has 0 saturated carbocycles. The van der Waals surface area contributed by atoms with Crippen molar-refractivity contribution in [2.75, 3.05) is 31.1 Å². The lowest BCUT2D eigenvalue weighted by Crippen LogP contribution is -2.59. The van der Waals surface area contributed by atoms with Crippen molar-refractivity contribution in [1.29, 1.82) is 0 Å². The molecule has 1 aliphatic rings. The number of benzene rings is 3. The zero-order chi connectivity index (χ0) is 40.5. The molecular weight excluding hydrogens is 759 g/mol. The second kappa shape index (κ2) is 22.0. The number of carbonyl (C=O) groups excluding carboxylic acids is 5.